The first-order valence-corrected chi connectivity index (χ1v) is 7.54. The molecule has 2 rings (SSSR count). The maximum absolute atomic E-state index is 6.17. The molecule has 5 heteroatoms. The number of hydrogen-bond acceptors (Lipinski definition) is 1. The molecule has 0 radical (unpaired) electrons. The first kappa shape index (κ1) is 15.0. The van der Waals surface area contributed by atoms with Gasteiger partial charge in [-0.1, -0.05) is 56.8 Å². The second-order valence-electron chi connectivity index (χ2n) is 4.09. The predicted octanol–water partition coefficient (Wildman–Crippen LogP) is 6.33. The molecule has 0 spiro atoms. The number of halogens is 4. The van der Waals surface area contributed by atoms with E-state index in [1.54, 1.807) is 12.1 Å². The van der Waals surface area contributed by atoms with Crippen molar-refractivity contribution < 1.29 is 0 Å². The fourth-order valence-corrected chi connectivity index (χ4v) is 2.76. The molecular weight excluding hydrogens is 368 g/mol. The Balaban J connectivity index is 2.24. The van der Waals surface area contributed by atoms with E-state index in [1.807, 2.05) is 25.1 Å². The van der Waals surface area contributed by atoms with E-state index in [0.29, 0.717) is 21.6 Å². The van der Waals surface area contributed by atoms with Gasteiger partial charge in [-0.15, -0.1) is 0 Å². The lowest BCUT2D eigenvalue weighted by molar-refractivity contribution is 1.14. The van der Waals surface area contributed by atoms with Crippen molar-refractivity contribution in [3.8, 4) is 0 Å². The zero-order chi connectivity index (χ0) is 14.0. The summed E-state index contributed by atoms with van der Waals surface area (Å²) in [5.74, 6) is 0. The molecule has 0 aliphatic heterocycles. The molecule has 2 aromatic carbocycles. The molecule has 100 valence electrons. The monoisotopic (exact) mass is 377 g/mol. The van der Waals surface area contributed by atoms with Gasteiger partial charge in [-0.2, -0.15) is 0 Å². The van der Waals surface area contributed by atoms with Crippen LogP contribution in [0.15, 0.2) is 34.8 Å². The van der Waals surface area contributed by atoms with Gasteiger partial charge in [0.2, 0.25) is 0 Å². The average Bonchev–Trinajstić information content (AvgIpc) is 2.39. The molecular formula is C14H11BrCl3N. The highest BCUT2D eigenvalue weighted by molar-refractivity contribution is 9.10. The third-order valence-corrected chi connectivity index (χ3v) is 4.92. The largest absolute Gasteiger partial charge is 0.381 e. The molecule has 19 heavy (non-hydrogen) atoms. The molecule has 0 aromatic heterocycles. The van der Waals surface area contributed by atoms with E-state index in [9.17, 15) is 0 Å². The van der Waals surface area contributed by atoms with Crippen molar-refractivity contribution in [3.63, 3.8) is 0 Å². The van der Waals surface area contributed by atoms with Crippen LogP contribution in [0, 0.1) is 6.92 Å². The standard InChI is InChI=1S/C14H11BrCl3N/c1-8-10(15)3-2-4-13(8)19-7-9-11(16)5-6-12(17)14(9)18/h2-6,19H,7H2,1H3. The molecule has 0 saturated carbocycles. The van der Waals surface area contributed by atoms with Crippen LogP contribution in [-0.2, 0) is 6.54 Å². The molecule has 1 nitrogen and oxygen atoms in total. The summed E-state index contributed by atoms with van der Waals surface area (Å²) in [7, 11) is 0. The summed E-state index contributed by atoms with van der Waals surface area (Å²) < 4.78 is 1.06. The van der Waals surface area contributed by atoms with Crippen LogP contribution in [0.25, 0.3) is 0 Å². The summed E-state index contributed by atoms with van der Waals surface area (Å²) in [6, 6.07) is 9.42. The van der Waals surface area contributed by atoms with E-state index in [2.05, 4.69) is 21.2 Å². The van der Waals surface area contributed by atoms with E-state index in [4.69, 9.17) is 34.8 Å². The van der Waals surface area contributed by atoms with E-state index < -0.39 is 0 Å². The van der Waals surface area contributed by atoms with Crippen molar-refractivity contribution in [2.45, 2.75) is 13.5 Å². The number of benzene rings is 2. The van der Waals surface area contributed by atoms with E-state index in [-0.39, 0.29) is 0 Å². The van der Waals surface area contributed by atoms with Gasteiger partial charge in [-0.25, -0.2) is 0 Å². The molecule has 0 amide bonds. The van der Waals surface area contributed by atoms with Crippen molar-refractivity contribution in [1.29, 1.82) is 0 Å². The van der Waals surface area contributed by atoms with Gasteiger partial charge in [0, 0.05) is 27.3 Å². The number of rotatable bonds is 3. The van der Waals surface area contributed by atoms with Gasteiger partial charge in [-0.05, 0) is 36.8 Å². The molecule has 0 aliphatic carbocycles. The lowest BCUT2D eigenvalue weighted by Crippen LogP contribution is -2.02. The summed E-state index contributed by atoms with van der Waals surface area (Å²) in [6.07, 6.45) is 0. The minimum absolute atomic E-state index is 0.495. The van der Waals surface area contributed by atoms with Gasteiger partial charge in [0.05, 0.1) is 10.0 Å². The third-order valence-electron chi connectivity index (χ3n) is 2.86. The van der Waals surface area contributed by atoms with Crippen LogP contribution in [0.4, 0.5) is 5.69 Å². The van der Waals surface area contributed by atoms with Crippen molar-refractivity contribution in [2.24, 2.45) is 0 Å². The molecule has 1 N–H and O–H groups in total. The predicted molar refractivity (Wildman–Crippen MR) is 87.7 cm³/mol. The molecule has 0 unspecified atom stereocenters. The Morgan fingerprint density at radius 2 is 1.74 bits per heavy atom. The molecule has 0 aliphatic rings. The maximum Gasteiger partial charge on any atom is 0.0657 e. The summed E-state index contributed by atoms with van der Waals surface area (Å²) in [4.78, 5) is 0. The van der Waals surface area contributed by atoms with Crippen molar-refractivity contribution in [3.05, 3.63) is 61.0 Å². The number of nitrogens with one attached hydrogen (secondary N) is 1. The zero-order valence-electron chi connectivity index (χ0n) is 10.1. The van der Waals surface area contributed by atoms with Crippen LogP contribution in [0.2, 0.25) is 15.1 Å². The third kappa shape index (κ3) is 3.38. The Morgan fingerprint density at radius 1 is 1.05 bits per heavy atom. The van der Waals surface area contributed by atoms with E-state index in [1.165, 1.54) is 0 Å². The first-order chi connectivity index (χ1) is 9.00. The Morgan fingerprint density at radius 3 is 2.47 bits per heavy atom. The summed E-state index contributed by atoms with van der Waals surface area (Å²) in [5, 5.41) is 4.93. The molecule has 2 aromatic rings. The van der Waals surface area contributed by atoms with Crippen LogP contribution in [0.5, 0.6) is 0 Å². The van der Waals surface area contributed by atoms with Crippen molar-refractivity contribution in [2.75, 3.05) is 5.32 Å². The Bertz CT molecular complexity index is 614. The van der Waals surface area contributed by atoms with Crippen molar-refractivity contribution in [1.82, 2.24) is 0 Å². The van der Waals surface area contributed by atoms with Gasteiger partial charge in [0.25, 0.3) is 0 Å². The summed E-state index contributed by atoms with van der Waals surface area (Å²) in [5.41, 5.74) is 2.97. The summed E-state index contributed by atoms with van der Waals surface area (Å²) >= 11 is 21.8. The quantitative estimate of drug-likeness (QED) is 0.615. The lowest BCUT2D eigenvalue weighted by Gasteiger charge is -2.13. The highest BCUT2D eigenvalue weighted by atomic mass is 79.9. The second kappa shape index (κ2) is 6.36. The first-order valence-electron chi connectivity index (χ1n) is 5.62. The summed E-state index contributed by atoms with van der Waals surface area (Å²) in [6.45, 7) is 2.56. The van der Waals surface area contributed by atoms with Gasteiger partial charge in [0.15, 0.2) is 0 Å². The van der Waals surface area contributed by atoms with Crippen LogP contribution in [0.3, 0.4) is 0 Å². The molecule has 0 bridgehead atoms. The van der Waals surface area contributed by atoms with Crippen LogP contribution < -0.4 is 5.32 Å². The second-order valence-corrected chi connectivity index (χ2v) is 6.13. The van der Waals surface area contributed by atoms with Crippen LogP contribution >= 0.6 is 50.7 Å². The fraction of sp³-hybridized carbons (Fsp3) is 0.143. The minimum atomic E-state index is 0.495. The SMILES string of the molecule is Cc1c(Br)cccc1NCc1c(Cl)ccc(Cl)c1Cl. The normalized spacial score (nSPS) is 10.6. The van der Waals surface area contributed by atoms with Crippen molar-refractivity contribution >= 4 is 56.4 Å². The Kier molecular flexibility index (Phi) is 5.02. The van der Waals surface area contributed by atoms with Gasteiger partial charge < -0.3 is 5.32 Å². The molecule has 0 atom stereocenters. The van der Waals surface area contributed by atoms with Crippen LogP contribution in [-0.4, -0.2) is 0 Å². The number of anilines is 1. The average molecular weight is 380 g/mol. The van der Waals surface area contributed by atoms with Gasteiger partial charge >= 0.3 is 0 Å². The van der Waals surface area contributed by atoms with Gasteiger partial charge in [0.1, 0.15) is 0 Å². The minimum Gasteiger partial charge on any atom is -0.381 e. The highest BCUT2D eigenvalue weighted by Gasteiger charge is 2.10. The van der Waals surface area contributed by atoms with E-state index in [0.717, 1.165) is 21.3 Å². The smallest absolute Gasteiger partial charge is 0.0657 e. The van der Waals surface area contributed by atoms with E-state index >= 15 is 0 Å². The molecule has 0 heterocycles. The Hall–Kier alpha value is -0.410. The Labute approximate surface area is 136 Å². The molecule has 0 saturated heterocycles. The lowest BCUT2D eigenvalue weighted by atomic mass is 10.1. The number of hydrogen-bond donors (Lipinski definition) is 1. The molecule has 0 fully saturated rings. The highest BCUT2D eigenvalue weighted by Crippen LogP contribution is 2.32. The fourth-order valence-electron chi connectivity index (χ4n) is 1.71. The maximum atomic E-state index is 6.17. The van der Waals surface area contributed by atoms with Gasteiger partial charge in [-0.3, -0.25) is 0 Å². The topological polar surface area (TPSA) is 12.0 Å². The van der Waals surface area contributed by atoms with Crippen LogP contribution in [0.1, 0.15) is 11.1 Å². The zero-order valence-corrected chi connectivity index (χ0v) is 14.0.